The molecule has 3 heterocycles. The van der Waals surface area contributed by atoms with Gasteiger partial charge in [0.15, 0.2) is 0 Å². The van der Waals surface area contributed by atoms with E-state index in [1.54, 1.807) is 4.90 Å². The summed E-state index contributed by atoms with van der Waals surface area (Å²) in [7, 11) is 1.81. The van der Waals surface area contributed by atoms with Gasteiger partial charge in [-0.05, 0) is 57.1 Å². The first-order valence-electron chi connectivity index (χ1n) is 10.1. The summed E-state index contributed by atoms with van der Waals surface area (Å²) in [4.78, 5) is 30.1. The lowest BCUT2D eigenvalue weighted by Crippen LogP contribution is -2.41. The summed E-state index contributed by atoms with van der Waals surface area (Å²) in [5.74, 6) is 0.422. The molecular weight excluding hydrogens is 354 g/mol. The largest absolute Gasteiger partial charge is 0.444 e. The number of likely N-dealkylation sites (tertiary alicyclic amines) is 1. The highest BCUT2D eigenvalue weighted by Crippen LogP contribution is 2.39. The van der Waals surface area contributed by atoms with Gasteiger partial charge in [-0.1, -0.05) is 18.2 Å². The van der Waals surface area contributed by atoms with Crippen LogP contribution in [0.4, 0.5) is 9.59 Å². The molecule has 0 N–H and O–H groups in total. The Morgan fingerprint density at radius 3 is 2.54 bits per heavy atom. The van der Waals surface area contributed by atoms with Crippen LogP contribution in [0.3, 0.4) is 0 Å². The van der Waals surface area contributed by atoms with E-state index < -0.39 is 5.60 Å². The van der Waals surface area contributed by atoms with Gasteiger partial charge in [0.05, 0.1) is 5.70 Å². The third-order valence-electron chi connectivity index (χ3n) is 5.73. The van der Waals surface area contributed by atoms with Crippen molar-refractivity contribution in [2.24, 2.45) is 5.92 Å². The van der Waals surface area contributed by atoms with Crippen LogP contribution < -0.4 is 0 Å². The minimum absolute atomic E-state index is 0.0460. The van der Waals surface area contributed by atoms with Gasteiger partial charge in [0.2, 0.25) is 0 Å². The fourth-order valence-electron chi connectivity index (χ4n) is 4.36. The molecule has 0 atom stereocenters. The number of allylic oxidation sites excluding steroid dienone is 4. The Bertz CT molecular complexity index is 820. The summed E-state index contributed by atoms with van der Waals surface area (Å²) >= 11 is 0. The Kier molecular flexibility index (Phi) is 4.60. The summed E-state index contributed by atoms with van der Waals surface area (Å²) in [6.07, 6.45) is 11.1. The number of hydrogen-bond acceptors (Lipinski definition) is 3. The molecule has 4 aliphatic rings. The van der Waals surface area contributed by atoms with Crippen LogP contribution in [0.15, 0.2) is 46.8 Å². The number of rotatable bonds is 1. The van der Waals surface area contributed by atoms with Gasteiger partial charge in [0.1, 0.15) is 5.60 Å². The van der Waals surface area contributed by atoms with E-state index in [1.165, 1.54) is 11.1 Å². The van der Waals surface area contributed by atoms with Gasteiger partial charge in [0.25, 0.3) is 0 Å². The van der Waals surface area contributed by atoms with Gasteiger partial charge < -0.3 is 14.5 Å². The summed E-state index contributed by atoms with van der Waals surface area (Å²) < 4.78 is 5.50. The fraction of sp³-hybridized carbons (Fsp3) is 0.545. The second kappa shape index (κ2) is 6.83. The zero-order chi connectivity index (χ0) is 20.1. The first-order chi connectivity index (χ1) is 13.2. The number of nitrogens with zero attached hydrogens (tertiary/aromatic N) is 3. The number of carbonyl (C=O) groups is 2. The van der Waals surface area contributed by atoms with Gasteiger partial charge in [-0.3, -0.25) is 4.90 Å². The van der Waals surface area contributed by atoms with Crippen molar-refractivity contribution in [3.63, 3.8) is 0 Å². The van der Waals surface area contributed by atoms with Gasteiger partial charge in [-0.25, -0.2) is 9.59 Å². The molecule has 0 unspecified atom stereocenters. The van der Waals surface area contributed by atoms with Crippen molar-refractivity contribution in [3.05, 3.63) is 46.8 Å². The second-order valence-corrected chi connectivity index (χ2v) is 8.97. The minimum Gasteiger partial charge on any atom is -0.444 e. The molecule has 1 aliphatic carbocycles. The van der Waals surface area contributed by atoms with E-state index in [0.29, 0.717) is 19.0 Å². The van der Waals surface area contributed by atoms with E-state index >= 15 is 0 Å². The molecule has 6 nitrogen and oxygen atoms in total. The highest BCUT2D eigenvalue weighted by Gasteiger charge is 2.35. The molecule has 0 spiro atoms. The Morgan fingerprint density at radius 1 is 1.14 bits per heavy atom. The van der Waals surface area contributed by atoms with E-state index in [-0.39, 0.29) is 12.1 Å². The maximum Gasteiger partial charge on any atom is 0.410 e. The quantitative estimate of drug-likeness (QED) is 0.687. The van der Waals surface area contributed by atoms with Crippen LogP contribution in [0.5, 0.6) is 0 Å². The molecule has 3 aliphatic heterocycles. The first-order valence-corrected chi connectivity index (χ1v) is 10.1. The Labute approximate surface area is 166 Å². The number of ether oxygens (including phenoxy) is 1. The monoisotopic (exact) mass is 383 g/mol. The van der Waals surface area contributed by atoms with Crippen LogP contribution in [-0.2, 0) is 4.74 Å². The van der Waals surface area contributed by atoms with Gasteiger partial charge in [-0.15, -0.1) is 0 Å². The van der Waals surface area contributed by atoms with E-state index in [9.17, 15) is 9.59 Å². The van der Waals surface area contributed by atoms with Crippen molar-refractivity contribution in [2.75, 3.05) is 26.7 Å². The van der Waals surface area contributed by atoms with Crippen LogP contribution in [0.25, 0.3) is 0 Å². The maximum atomic E-state index is 12.4. The topological polar surface area (TPSA) is 53.1 Å². The number of carbonyl (C=O) groups excluding carboxylic acids is 2. The third-order valence-corrected chi connectivity index (χ3v) is 5.73. The molecule has 150 valence electrons. The molecule has 6 heteroatoms. The molecule has 1 saturated heterocycles. The van der Waals surface area contributed by atoms with E-state index in [0.717, 1.165) is 37.1 Å². The standard InChI is InChI=1S/C22H29N3O3/c1-22(2,3)28-21(27)24-10-7-15(8-11-24)16-5-6-18-14-23(4)20(26)25-12-9-17(13-16)19(18)25/h5-6,13-15H,7-12H2,1-4H3. The maximum absolute atomic E-state index is 12.4. The number of urea groups is 1. The molecule has 0 aromatic rings. The zero-order valence-corrected chi connectivity index (χ0v) is 17.2. The Hall–Kier alpha value is -2.50. The Balaban J connectivity index is 1.49. The van der Waals surface area contributed by atoms with Gasteiger partial charge in [-0.2, -0.15) is 0 Å². The van der Waals surface area contributed by atoms with Crippen LogP contribution in [0.2, 0.25) is 0 Å². The molecular formula is C22H29N3O3. The van der Waals surface area contributed by atoms with Crippen molar-refractivity contribution < 1.29 is 14.3 Å². The fourth-order valence-corrected chi connectivity index (χ4v) is 4.36. The van der Waals surface area contributed by atoms with Crippen LogP contribution in [0, 0.1) is 5.92 Å². The first kappa shape index (κ1) is 18.8. The van der Waals surface area contributed by atoms with E-state index in [2.05, 4.69) is 18.2 Å². The molecule has 3 amide bonds. The molecule has 0 aromatic carbocycles. The normalized spacial score (nSPS) is 22.9. The summed E-state index contributed by atoms with van der Waals surface area (Å²) in [6, 6.07) is 0.0460. The second-order valence-electron chi connectivity index (χ2n) is 8.97. The molecule has 1 fully saturated rings. The number of hydrogen-bond donors (Lipinski definition) is 0. The zero-order valence-electron chi connectivity index (χ0n) is 17.2. The van der Waals surface area contributed by atoms with Crippen LogP contribution in [-0.4, -0.2) is 59.1 Å². The molecule has 0 bridgehead atoms. The lowest BCUT2D eigenvalue weighted by Gasteiger charge is -2.34. The van der Waals surface area contributed by atoms with Crippen molar-refractivity contribution in [1.82, 2.24) is 14.7 Å². The SMILES string of the molecule is CN1C=C2C=CC(C3CCN(C(=O)OC(C)(C)C)CC3)=CC3=C2N(CC3)C1=O. The smallest absolute Gasteiger partial charge is 0.410 e. The average molecular weight is 383 g/mol. The Morgan fingerprint density at radius 2 is 1.86 bits per heavy atom. The predicted octanol–water partition coefficient (Wildman–Crippen LogP) is 4.04. The lowest BCUT2D eigenvalue weighted by molar-refractivity contribution is 0.0195. The molecule has 0 aromatic heterocycles. The highest BCUT2D eigenvalue weighted by molar-refractivity contribution is 5.83. The molecule has 28 heavy (non-hydrogen) atoms. The summed E-state index contributed by atoms with van der Waals surface area (Å²) in [5.41, 5.74) is 4.27. The summed E-state index contributed by atoms with van der Waals surface area (Å²) in [6.45, 7) is 7.87. The van der Waals surface area contributed by atoms with Crippen LogP contribution in [0.1, 0.15) is 40.0 Å². The van der Waals surface area contributed by atoms with Crippen molar-refractivity contribution in [3.8, 4) is 0 Å². The number of amides is 3. The molecule has 0 radical (unpaired) electrons. The van der Waals surface area contributed by atoms with Gasteiger partial charge >= 0.3 is 12.1 Å². The minimum atomic E-state index is -0.461. The van der Waals surface area contributed by atoms with Crippen molar-refractivity contribution in [1.29, 1.82) is 0 Å². The molecule has 4 rings (SSSR count). The predicted molar refractivity (Wildman–Crippen MR) is 107 cm³/mol. The number of piperidine rings is 1. The van der Waals surface area contributed by atoms with Crippen LogP contribution >= 0.6 is 0 Å². The third kappa shape index (κ3) is 3.48. The van der Waals surface area contributed by atoms with E-state index in [1.807, 2.05) is 43.8 Å². The lowest BCUT2D eigenvalue weighted by atomic mass is 9.88. The van der Waals surface area contributed by atoms with E-state index in [4.69, 9.17) is 4.74 Å². The summed E-state index contributed by atoms with van der Waals surface area (Å²) in [5, 5.41) is 0. The average Bonchev–Trinajstić information content (AvgIpc) is 2.96. The van der Waals surface area contributed by atoms with Crippen molar-refractivity contribution >= 4 is 12.1 Å². The highest BCUT2D eigenvalue weighted by atomic mass is 16.6. The van der Waals surface area contributed by atoms with Crippen molar-refractivity contribution in [2.45, 2.75) is 45.6 Å². The van der Waals surface area contributed by atoms with Gasteiger partial charge in [0, 0.05) is 38.5 Å². The molecule has 0 saturated carbocycles.